The molecule has 0 spiro atoms. The van der Waals surface area contributed by atoms with Crippen molar-refractivity contribution in [2.24, 2.45) is 0 Å². The number of benzene rings is 1. The van der Waals surface area contributed by atoms with Gasteiger partial charge in [-0.2, -0.15) is 0 Å². The molecular weight excluding hydrogens is 254 g/mol. The minimum atomic E-state index is -0.0550. The van der Waals surface area contributed by atoms with E-state index in [4.69, 9.17) is 0 Å². The quantitative estimate of drug-likeness (QED) is 0.786. The Morgan fingerprint density at radius 2 is 1.80 bits per heavy atom. The van der Waals surface area contributed by atoms with Gasteiger partial charge in [0.1, 0.15) is 6.29 Å². The third-order valence-corrected chi connectivity index (χ3v) is 3.40. The lowest BCUT2D eigenvalue weighted by Gasteiger charge is -2.22. The molecule has 1 aliphatic heterocycles. The van der Waals surface area contributed by atoms with Crippen LogP contribution in [0.5, 0.6) is 0 Å². The molecule has 1 atom stereocenters. The Morgan fingerprint density at radius 3 is 2.33 bits per heavy atom. The van der Waals surface area contributed by atoms with Gasteiger partial charge in [0.15, 0.2) is 0 Å². The molecule has 0 bridgehead atoms. The highest BCUT2D eigenvalue weighted by molar-refractivity contribution is 9.10. The second-order valence-electron chi connectivity index (χ2n) is 3.88. The first-order valence-corrected chi connectivity index (χ1v) is 6.05. The molecule has 1 heterocycles. The van der Waals surface area contributed by atoms with Gasteiger partial charge in [0.2, 0.25) is 0 Å². The Labute approximate surface area is 98.4 Å². The summed E-state index contributed by atoms with van der Waals surface area (Å²) in [5, 5.41) is 0. The highest BCUT2D eigenvalue weighted by Gasteiger charge is 2.22. The summed E-state index contributed by atoms with van der Waals surface area (Å²) in [5.74, 6) is 0. The molecule has 15 heavy (non-hydrogen) atoms. The van der Waals surface area contributed by atoms with Crippen molar-refractivity contribution in [3.8, 4) is 0 Å². The van der Waals surface area contributed by atoms with Crippen LogP contribution in [0.2, 0.25) is 0 Å². The molecule has 0 aromatic heterocycles. The molecule has 2 rings (SSSR count). The summed E-state index contributed by atoms with van der Waals surface area (Å²) < 4.78 is 1.05. The van der Waals surface area contributed by atoms with Crippen molar-refractivity contribution < 1.29 is 4.79 Å². The van der Waals surface area contributed by atoms with E-state index in [-0.39, 0.29) is 6.04 Å². The molecule has 0 saturated carbocycles. The zero-order valence-corrected chi connectivity index (χ0v) is 10.1. The van der Waals surface area contributed by atoms with E-state index in [0.717, 1.165) is 29.4 Å². The number of halogens is 1. The average Bonchev–Trinajstić information content (AvgIpc) is 2.75. The summed E-state index contributed by atoms with van der Waals surface area (Å²) in [5.41, 5.74) is 1.09. The van der Waals surface area contributed by atoms with Crippen LogP contribution in [-0.2, 0) is 4.79 Å². The molecule has 1 aromatic carbocycles. The van der Waals surface area contributed by atoms with E-state index >= 15 is 0 Å². The summed E-state index contributed by atoms with van der Waals surface area (Å²) in [6.07, 6.45) is 3.47. The maximum absolute atomic E-state index is 11.1. The van der Waals surface area contributed by atoms with Crippen molar-refractivity contribution in [3.05, 3.63) is 34.3 Å². The Balaban J connectivity index is 2.18. The summed E-state index contributed by atoms with van der Waals surface area (Å²) >= 11 is 3.40. The Morgan fingerprint density at radius 1 is 1.20 bits per heavy atom. The van der Waals surface area contributed by atoms with Crippen molar-refractivity contribution >= 4 is 22.2 Å². The van der Waals surface area contributed by atoms with E-state index < -0.39 is 0 Å². The SMILES string of the molecule is O=CC(c1ccc(Br)cc1)N1CCCC1. The van der Waals surface area contributed by atoms with Crippen molar-refractivity contribution in [2.75, 3.05) is 13.1 Å². The van der Waals surface area contributed by atoms with Crippen molar-refractivity contribution in [2.45, 2.75) is 18.9 Å². The maximum Gasteiger partial charge on any atom is 0.141 e. The Kier molecular flexibility index (Phi) is 3.54. The number of hydrogen-bond acceptors (Lipinski definition) is 2. The summed E-state index contributed by atoms with van der Waals surface area (Å²) in [7, 11) is 0. The zero-order chi connectivity index (χ0) is 10.7. The second kappa shape index (κ2) is 4.90. The highest BCUT2D eigenvalue weighted by Crippen LogP contribution is 2.24. The summed E-state index contributed by atoms with van der Waals surface area (Å²) in [6.45, 7) is 2.08. The van der Waals surface area contributed by atoms with Crippen LogP contribution < -0.4 is 0 Å². The normalized spacial score (nSPS) is 19.0. The van der Waals surface area contributed by atoms with Gasteiger partial charge >= 0.3 is 0 Å². The fraction of sp³-hybridized carbons (Fsp3) is 0.417. The van der Waals surface area contributed by atoms with Gasteiger partial charge < -0.3 is 4.79 Å². The van der Waals surface area contributed by atoms with Crippen LogP contribution in [-0.4, -0.2) is 24.3 Å². The molecule has 1 fully saturated rings. The predicted molar refractivity (Wildman–Crippen MR) is 63.8 cm³/mol. The number of rotatable bonds is 3. The van der Waals surface area contributed by atoms with Gasteiger partial charge in [-0.1, -0.05) is 28.1 Å². The van der Waals surface area contributed by atoms with Crippen LogP contribution in [0.15, 0.2) is 28.7 Å². The monoisotopic (exact) mass is 267 g/mol. The standard InChI is InChI=1S/C12H14BrNO/c13-11-5-3-10(4-6-11)12(9-15)14-7-1-2-8-14/h3-6,9,12H,1-2,7-8H2. The maximum atomic E-state index is 11.1. The fourth-order valence-corrected chi connectivity index (χ4v) is 2.32. The van der Waals surface area contributed by atoms with Crippen molar-refractivity contribution in [1.82, 2.24) is 4.90 Å². The third-order valence-electron chi connectivity index (χ3n) is 2.87. The number of nitrogens with zero attached hydrogens (tertiary/aromatic N) is 1. The Bertz CT molecular complexity index is 330. The number of aldehydes is 1. The van der Waals surface area contributed by atoms with Gasteiger partial charge in [-0.15, -0.1) is 0 Å². The second-order valence-corrected chi connectivity index (χ2v) is 4.79. The first-order chi connectivity index (χ1) is 7.31. The lowest BCUT2D eigenvalue weighted by Crippen LogP contribution is -2.26. The molecule has 0 N–H and O–H groups in total. The first-order valence-electron chi connectivity index (χ1n) is 5.26. The van der Waals surface area contributed by atoms with E-state index in [0.29, 0.717) is 0 Å². The van der Waals surface area contributed by atoms with Gasteiger partial charge in [-0.25, -0.2) is 0 Å². The first kappa shape index (κ1) is 10.8. The van der Waals surface area contributed by atoms with Gasteiger partial charge in [-0.3, -0.25) is 4.90 Å². The van der Waals surface area contributed by atoms with Gasteiger partial charge in [0.05, 0.1) is 6.04 Å². The largest absolute Gasteiger partial charge is 0.301 e. The minimum absolute atomic E-state index is 0.0550. The minimum Gasteiger partial charge on any atom is -0.301 e. The summed E-state index contributed by atoms with van der Waals surface area (Å²) in [4.78, 5) is 13.4. The van der Waals surface area contributed by atoms with Crippen LogP contribution in [0, 0.1) is 0 Å². The molecule has 1 unspecified atom stereocenters. The lowest BCUT2D eigenvalue weighted by atomic mass is 10.1. The van der Waals surface area contributed by atoms with Crippen molar-refractivity contribution in [1.29, 1.82) is 0 Å². The van der Waals surface area contributed by atoms with E-state index in [9.17, 15) is 4.79 Å². The van der Waals surface area contributed by atoms with Crippen molar-refractivity contribution in [3.63, 3.8) is 0 Å². The molecule has 0 radical (unpaired) electrons. The number of hydrogen-bond donors (Lipinski definition) is 0. The molecule has 1 aliphatic rings. The van der Waals surface area contributed by atoms with E-state index in [1.165, 1.54) is 12.8 Å². The highest BCUT2D eigenvalue weighted by atomic mass is 79.9. The third kappa shape index (κ3) is 2.47. The van der Waals surface area contributed by atoms with Crippen LogP contribution in [0.25, 0.3) is 0 Å². The predicted octanol–water partition coefficient (Wildman–Crippen LogP) is 2.78. The topological polar surface area (TPSA) is 20.3 Å². The van der Waals surface area contributed by atoms with Gasteiger partial charge in [0, 0.05) is 4.47 Å². The molecule has 80 valence electrons. The number of carbonyl (C=O) groups excluding carboxylic acids is 1. The fourth-order valence-electron chi connectivity index (χ4n) is 2.06. The number of carbonyl (C=O) groups is 1. The smallest absolute Gasteiger partial charge is 0.141 e. The molecular formula is C12H14BrNO. The van der Waals surface area contributed by atoms with Crippen LogP contribution in [0.4, 0.5) is 0 Å². The molecule has 1 aromatic rings. The van der Waals surface area contributed by atoms with Crippen LogP contribution >= 0.6 is 15.9 Å². The lowest BCUT2D eigenvalue weighted by molar-refractivity contribution is -0.112. The molecule has 1 saturated heterocycles. The van der Waals surface area contributed by atoms with E-state index in [2.05, 4.69) is 20.8 Å². The van der Waals surface area contributed by atoms with Crippen LogP contribution in [0.1, 0.15) is 24.4 Å². The van der Waals surface area contributed by atoms with E-state index in [1.807, 2.05) is 24.3 Å². The van der Waals surface area contributed by atoms with Crippen LogP contribution in [0.3, 0.4) is 0 Å². The van der Waals surface area contributed by atoms with E-state index in [1.54, 1.807) is 0 Å². The molecule has 0 amide bonds. The average molecular weight is 268 g/mol. The van der Waals surface area contributed by atoms with Gasteiger partial charge in [-0.05, 0) is 43.6 Å². The molecule has 0 aliphatic carbocycles. The number of likely N-dealkylation sites (tertiary alicyclic amines) is 1. The molecule has 3 heteroatoms. The van der Waals surface area contributed by atoms with Gasteiger partial charge in [0.25, 0.3) is 0 Å². The summed E-state index contributed by atoms with van der Waals surface area (Å²) in [6, 6.07) is 7.95. The zero-order valence-electron chi connectivity index (χ0n) is 8.53. The molecule has 2 nitrogen and oxygen atoms in total. The Hall–Kier alpha value is -0.670.